The van der Waals surface area contributed by atoms with E-state index in [0.29, 0.717) is 5.92 Å². The minimum absolute atomic E-state index is 0.0910. The Balaban J connectivity index is 0.000000893. The topological polar surface area (TPSA) is 4.93 Å². The van der Waals surface area contributed by atoms with Crippen molar-refractivity contribution in [2.75, 3.05) is 6.26 Å². The molecule has 2 heteroatoms. The molecule has 0 fully saturated rings. The first-order valence-electron chi connectivity index (χ1n) is 28.1. The highest BCUT2D eigenvalue weighted by atomic mass is 32.2. The molecule has 3 aliphatic rings. The smallest absolute Gasteiger partial charge is 0.0722 e. The molecular formula is C73H79NS. The van der Waals surface area contributed by atoms with E-state index in [1.165, 1.54) is 127 Å². The molecule has 0 N–H and O–H groups in total. The fraction of sp³-hybridized carbons (Fsp3) is 0.260. The zero-order chi connectivity index (χ0) is 53.6. The molecule has 8 aromatic carbocycles. The number of benzene rings is 8. The fourth-order valence-corrected chi connectivity index (χ4v) is 13.1. The molecule has 75 heavy (non-hydrogen) atoms. The van der Waals surface area contributed by atoms with Crippen molar-refractivity contribution in [3.63, 3.8) is 0 Å². The van der Waals surface area contributed by atoms with Crippen LogP contribution in [0.4, 0.5) is 0 Å². The highest BCUT2D eigenvalue weighted by Gasteiger charge is 2.54. The number of nitrogens with zero attached hydrogens (tertiary/aromatic N) is 1. The Morgan fingerprint density at radius 3 is 1.64 bits per heavy atom. The molecule has 1 heterocycles. The number of aromatic nitrogens is 1. The number of hydrogen-bond donors (Lipinski definition) is 0. The van der Waals surface area contributed by atoms with Crippen LogP contribution in [-0.2, 0) is 5.41 Å². The number of rotatable bonds is 8. The van der Waals surface area contributed by atoms with Gasteiger partial charge in [0.05, 0.1) is 16.6 Å². The molecule has 1 nitrogen and oxygen atoms in total. The highest BCUT2D eigenvalue weighted by Crippen LogP contribution is 2.66. The lowest BCUT2D eigenvalue weighted by Crippen LogP contribution is -2.26. The quantitative estimate of drug-likeness (QED) is 0.137. The molecule has 12 rings (SSSR count). The van der Waals surface area contributed by atoms with Crippen LogP contribution in [-0.4, -0.2) is 10.8 Å². The normalized spacial score (nSPS) is 13.5. The summed E-state index contributed by atoms with van der Waals surface area (Å²) >= 11 is 1.86. The summed E-state index contributed by atoms with van der Waals surface area (Å²) in [5, 5.41) is 1.31. The first-order valence-corrected chi connectivity index (χ1v) is 29.4. The Labute approximate surface area is 455 Å². The highest BCUT2D eigenvalue weighted by molar-refractivity contribution is 7.99. The summed E-state index contributed by atoms with van der Waals surface area (Å²) in [6.45, 7) is 27.6. The van der Waals surface area contributed by atoms with Crippen LogP contribution in [0.1, 0.15) is 151 Å². The summed E-state index contributed by atoms with van der Waals surface area (Å²) in [7, 11) is 0. The van der Waals surface area contributed by atoms with Gasteiger partial charge in [0.1, 0.15) is 0 Å². The van der Waals surface area contributed by atoms with Crippen molar-refractivity contribution >= 4 is 28.2 Å². The van der Waals surface area contributed by atoms with E-state index in [4.69, 9.17) is 0 Å². The summed E-state index contributed by atoms with van der Waals surface area (Å²) < 4.78 is 2.56. The predicted molar refractivity (Wildman–Crippen MR) is 331 cm³/mol. The van der Waals surface area contributed by atoms with Crippen LogP contribution in [0.5, 0.6) is 0 Å². The standard InChI is InChI=1S/C65H55NS.4C2H6/c1-40(2)53-38-55-60(39-54(53)47-27-12-10-21-41(47)3)66(63(64(55)67-6)44-23-8-7-9-24-44)46-26-20-25-45(37-46)43(5)49-35-36-59-62(61(49)48-28-13-11-22-42(48)4)52-31-16-19-34-58(52)65(59)56-32-17-14-29-50(56)51-30-15-18-33-57(51)65;4*1-2/h7-15,17-18,20-40,43H,16,19H2,1-6H3;4*1-2H3. The van der Waals surface area contributed by atoms with Crippen LogP contribution in [0.15, 0.2) is 199 Å². The molecule has 0 radical (unpaired) electrons. The van der Waals surface area contributed by atoms with Gasteiger partial charge in [0.2, 0.25) is 0 Å². The van der Waals surface area contributed by atoms with Gasteiger partial charge in [-0.15, -0.1) is 11.8 Å². The monoisotopic (exact) mass is 1000 g/mol. The summed E-state index contributed by atoms with van der Waals surface area (Å²) in [5.41, 5.74) is 27.7. The van der Waals surface area contributed by atoms with Gasteiger partial charge in [-0.25, -0.2) is 0 Å². The zero-order valence-electron chi connectivity index (χ0n) is 47.3. The summed E-state index contributed by atoms with van der Waals surface area (Å²) in [6, 6.07) is 66.8. The molecular weight excluding hydrogens is 923 g/mol. The van der Waals surface area contributed by atoms with Gasteiger partial charge in [0.25, 0.3) is 0 Å². The Morgan fingerprint density at radius 1 is 0.480 bits per heavy atom. The van der Waals surface area contributed by atoms with Crippen molar-refractivity contribution in [2.24, 2.45) is 0 Å². The number of allylic oxidation sites excluding steroid dienone is 4. The molecule has 0 amide bonds. The van der Waals surface area contributed by atoms with Gasteiger partial charge in [0.15, 0.2) is 0 Å². The van der Waals surface area contributed by atoms with E-state index in [9.17, 15) is 0 Å². The average molecular weight is 1000 g/mol. The van der Waals surface area contributed by atoms with Gasteiger partial charge in [-0.05, 0) is 163 Å². The van der Waals surface area contributed by atoms with E-state index in [2.05, 4.69) is 234 Å². The van der Waals surface area contributed by atoms with Crippen LogP contribution in [0, 0.1) is 13.8 Å². The maximum Gasteiger partial charge on any atom is 0.0722 e. The molecule has 1 spiro atoms. The maximum atomic E-state index is 2.58. The molecule has 0 saturated heterocycles. The van der Waals surface area contributed by atoms with Crippen molar-refractivity contribution < 1.29 is 0 Å². The Bertz CT molecular complexity index is 3480. The molecule has 1 unspecified atom stereocenters. The van der Waals surface area contributed by atoms with Gasteiger partial charge < -0.3 is 4.57 Å². The van der Waals surface area contributed by atoms with Crippen molar-refractivity contribution in [2.45, 2.75) is 125 Å². The second kappa shape index (κ2) is 23.8. The second-order valence-electron chi connectivity index (χ2n) is 19.2. The van der Waals surface area contributed by atoms with Gasteiger partial charge in [-0.2, -0.15) is 0 Å². The van der Waals surface area contributed by atoms with Crippen molar-refractivity contribution in [3.8, 4) is 50.3 Å². The minimum atomic E-state index is -0.362. The SMILES string of the molecule is CC.CC.CC.CC.CSc1c(-c2ccccc2)n(-c2cccc(C(C)c3ccc4c(c3-c3ccccc3C)C3=CCCC=C3C43c4ccccc4-c4ccccc43)c2)c2cc(-c3ccccc3C)c(C(C)C)cc12. The first-order chi connectivity index (χ1) is 36.8. The van der Waals surface area contributed by atoms with E-state index in [0.717, 1.165) is 12.8 Å². The molecule has 9 aromatic rings. The number of fused-ring (bicyclic) bond motifs is 11. The van der Waals surface area contributed by atoms with E-state index >= 15 is 0 Å². The third kappa shape index (κ3) is 9.08. The molecule has 0 bridgehead atoms. The first kappa shape index (κ1) is 54.4. The second-order valence-corrected chi connectivity index (χ2v) is 20.1. The molecule has 1 atom stereocenters. The molecule has 0 aliphatic heterocycles. The summed E-state index contributed by atoms with van der Waals surface area (Å²) in [6.07, 6.45) is 9.47. The number of aryl methyl sites for hydroxylation is 2. The van der Waals surface area contributed by atoms with Crippen LogP contribution in [0.2, 0.25) is 0 Å². The van der Waals surface area contributed by atoms with E-state index in [1.54, 1.807) is 0 Å². The number of hydrogen-bond acceptors (Lipinski definition) is 1. The largest absolute Gasteiger partial charge is 0.308 e. The Hall–Kier alpha value is -6.87. The predicted octanol–water partition coefficient (Wildman–Crippen LogP) is 21.8. The maximum absolute atomic E-state index is 2.58. The van der Waals surface area contributed by atoms with Crippen molar-refractivity contribution in [1.82, 2.24) is 4.57 Å². The van der Waals surface area contributed by atoms with Crippen LogP contribution < -0.4 is 0 Å². The minimum Gasteiger partial charge on any atom is -0.308 e. The Morgan fingerprint density at radius 2 is 1.04 bits per heavy atom. The molecule has 3 aliphatic carbocycles. The third-order valence-corrected chi connectivity index (χ3v) is 16.2. The zero-order valence-corrected chi connectivity index (χ0v) is 48.1. The van der Waals surface area contributed by atoms with Gasteiger partial charge in [-0.3, -0.25) is 0 Å². The lowest BCUT2D eigenvalue weighted by atomic mass is 9.69. The van der Waals surface area contributed by atoms with Crippen molar-refractivity contribution in [3.05, 3.63) is 244 Å². The van der Waals surface area contributed by atoms with Crippen molar-refractivity contribution in [1.29, 1.82) is 0 Å². The molecule has 1 aromatic heterocycles. The third-order valence-electron chi connectivity index (χ3n) is 15.3. The summed E-state index contributed by atoms with van der Waals surface area (Å²) in [4.78, 5) is 1.31. The van der Waals surface area contributed by atoms with Crippen LogP contribution in [0.3, 0.4) is 0 Å². The lowest BCUT2D eigenvalue weighted by Gasteiger charge is -2.32. The van der Waals surface area contributed by atoms with Gasteiger partial charge in [0, 0.05) is 21.9 Å². The van der Waals surface area contributed by atoms with Gasteiger partial charge in [-0.1, -0.05) is 240 Å². The van der Waals surface area contributed by atoms with E-state index in [1.807, 2.05) is 67.2 Å². The Kier molecular flexibility index (Phi) is 17.2. The fourth-order valence-electron chi connectivity index (χ4n) is 12.3. The van der Waals surface area contributed by atoms with E-state index < -0.39 is 0 Å². The average Bonchev–Trinajstić information content (AvgIpc) is 4.17. The van der Waals surface area contributed by atoms with E-state index in [-0.39, 0.29) is 11.3 Å². The molecule has 382 valence electrons. The number of thioether (sulfide) groups is 1. The van der Waals surface area contributed by atoms with Gasteiger partial charge >= 0.3 is 0 Å². The summed E-state index contributed by atoms with van der Waals surface area (Å²) in [5.74, 6) is 0.452. The van der Waals surface area contributed by atoms with Crippen LogP contribution in [0.25, 0.3) is 66.8 Å². The molecule has 0 saturated carbocycles. The lowest BCUT2D eigenvalue weighted by molar-refractivity contribution is 0.781. The van der Waals surface area contributed by atoms with Crippen LogP contribution >= 0.6 is 11.8 Å².